The van der Waals surface area contributed by atoms with Crippen LogP contribution < -0.4 is 11.1 Å². The van der Waals surface area contributed by atoms with Crippen molar-refractivity contribution in [1.29, 1.82) is 0 Å². The highest BCUT2D eigenvalue weighted by atomic mass is 16.2. The number of piperazine rings is 1. The van der Waals surface area contributed by atoms with Gasteiger partial charge in [0.05, 0.1) is 0 Å². The molecule has 0 bridgehead atoms. The Hall–Kier alpha value is -1.10. The predicted molar refractivity (Wildman–Crippen MR) is 66.2 cm³/mol. The normalized spacial score (nSPS) is 22.5. The summed E-state index contributed by atoms with van der Waals surface area (Å²) in [5.74, 6) is 0.130. The lowest BCUT2D eigenvalue weighted by molar-refractivity contribution is -0.145. The molecule has 2 amide bonds. The first kappa shape index (κ1) is 14.0. The predicted octanol–water partition coefficient (Wildman–Crippen LogP) is 0.0968. The van der Waals surface area contributed by atoms with Crippen molar-refractivity contribution in [2.75, 3.05) is 13.1 Å². The first-order valence-corrected chi connectivity index (χ1v) is 6.26. The van der Waals surface area contributed by atoms with Gasteiger partial charge in [-0.3, -0.25) is 9.59 Å². The Labute approximate surface area is 103 Å². The van der Waals surface area contributed by atoms with E-state index >= 15 is 0 Å². The SMILES string of the molecule is CC(N)CCC(=O)N1CCNC(=O)C1C(C)C. The Morgan fingerprint density at radius 2 is 2.18 bits per heavy atom. The molecule has 98 valence electrons. The van der Waals surface area contributed by atoms with E-state index in [1.807, 2.05) is 20.8 Å². The van der Waals surface area contributed by atoms with Crippen molar-refractivity contribution in [2.45, 2.75) is 45.7 Å². The fraction of sp³-hybridized carbons (Fsp3) is 0.833. The van der Waals surface area contributed by atoms with E-state index in [1.165, 1.54) is 0 Å². The fourth-order valence-electron chi connectivity index (χ4n) is 2.12. The average molecular weight is 241 g/mol. The van der Waals surface area contributed by atoms with Crippen molar-refractivity contribution >= 4 is 11.8 Å². The van der Waals surface area contributed by atoms with Gasteiger partial charge in [-0.1, -0.05) is 13.8 Å². The Morgan fingerprint density at radius 1 is 1.53 bits per heavy atom. The second kappa shape index (κ2) is 6.00. The number of nitrogens with two attached hydrogens (primary N) is 1. The molecule has 0 radical (unpaired) electrons. The summed E-state index contributed by atoms with van der Waals surface area (Å²) in [4.78, 5) is 25.5. The highest BCUT2D eigenvalue weighted by Crippen LogP contribution is 2.16. The molecule has 0 aliphatic carbocycles. The highest BCUT2D eigenvalue weighted by molar-refractivity contribution is 5.89. The molecule has 2 unspecified atom stereocenters. The van der Waals surface area contributed by atoms with Gasteiger partial charge < -0.3 is 16.0 Å². The molecule has 0 aromatic heterocycles. The third-order valence-electron chi connectivity index (χ3n) is 3.02. The molecular weight excluding hydrogens is 218 g/mol. The zero-order valence-corrected chi connectivity index (χ0v) is 10.9. The number of nitrogens with zero attached hydrogens (tertiary/aromatic N) is 1. The minimum Gasteiger partial charge on any atom is -0.353 e. The topological polar surface area (TPSA) is 75.4 Å². The zero-order chi connectivity index (χ0) is 13.0. The third-order valence-corrected chi connectivity index (χ3v) is 3.02. The number of carbonyl (C=O) groups is 2. The van der Waals surface area contributed by atoms with Crippen LogP contribution in [0.2, 0.25) is 0 Å². The van der Waals surface area contributed by atoms with Crippen molar-refractivity contribution < 1.29 is 9.59 Å². The smallest absolute Gasteiger partial charge is 0.243 e. The molecule has 1 rings (SSSR count). The second-order valence-corrected chi connectivity index (χ2v) is 5.08. The molecular formula is C12H23N3O2. The molecule has 2 atom stereocenters. The quantitative estimate of drug-likeness (QED) is 0.733. The molecule has 1 aliphatic heterocycles. The van der Waals surface area contributed by atoms with Crippen LogP contribution in [0, 0.1) is 5.92 Å². The maximum absolute atomic E-state index is 12.1. The van der Waals surface area contributed by atoms with Gasteiger partial charge in [0.2, 0.25) is 11.8 Å². The van der Waals surface area contributed by atoms with Gasteiger partial charge >= 0.3 is 0 Å². The zero-order valence-electron chi connectivity index (χ0n) is 10.9. The monoisotopic (exact) mass is 241 g/mol. The number of hydrogen-bond acceptors (Lipinski definition) is 3. The molecule has 3 N–H and O–H groups in total. The number of hydrogen-bond donors (Lipinski definition) is 2. The van der Waals surface area contributed by atoms with Crippen LogP contribution in [0.3, 0.4) is 0 Å². The molecule has 0 spiro atoms. The van der Waals surface area contributed by atoms with Crippen LogP contribution in [0.4, 0.5) is 0 Å². The van der Waals surface area contributed by atoms with Gasteiger partial charge in [-0.15, -0.1) is 0 Å². The molecule has 5 nitrogen and oxygen atoms in total. The molecule has 1 fully saturated rings. The molecule has 17 heavy (non-hydrogen) atoms. The highest BCUT2D eigenvalue weighted by Gasteiger charge is 2.34. The van der Waals surface area contributed by atoms with Crippen LogP contribution in [-0.4, -0.2) is 41.9 Å². The summed E-state index contributed by atoms with van der Waals surface area (Å²) in [7, 11) is 0. The van der Waals surface area contributed by atoms with E-state index in [2.05, 4.69) is 5.32 Å². The first-order chi connectivity index (χ1) is 7.93. The van der Waals surface area contributed by atoms with Crippen LogP contribution in [0.5, 0.6) is 0 Å². The van der Waals surface area contributed by atoms with Crippen LogP contribution in [-0.2, 0) is 9.59 Å². The number of amides is 2. The van der Waals surface area contributed by atoms with E-state index in [0.29, 0.717) is 25.9 Å². The lowest BCUT2D eigenvalue weighted by Gasteiger charge is -2.37. The maximum Gasteiger partial charge on any atom is 0.243 e. The third kappa shape index (κ3) is 3.70. The molecule has 0 aromatic carbocycles. The minimum absolute atomic E-state index is 0.0232. The second-order valence-electron chi connectivity index (χ2n) is 5.08. The Bertz CT molecular complexity index is 289. The van der Waals surface area contributed by atoms with E-state index in [1.54, 1.807) is 4.90 Å². The number of carbonyl (C=O) groups excluding carboxylic acids is 2. The van der Waals surface area contributed by atoms with Gasteiger partial charge in [0.15, 0.2) is 0 Å². The van der Waals surface area contributed by atoms with Gasteiger partial charge in [0.1, 0.15) is 6.04 Å². The molecule has 1 saturated heterocycles. The largest absolute Gasteiger partial charge is 0.353 e. The average Bonchev–Trinajstić information content (AvgIpc) is 2.24. The minimum atomic E-state index is -0.329. The lowest BCUT2D eigenvalue weighted by Crippen LogP contribution is -2.59. The summed E-state index contributed by atoms with van der Waals surface area (Å²) in [6.45, 7) is 6.96. The van der Waals surface area contributed by atoms with Crippen LogP contribution in [0.25, 0.3) is 0 Å². The molecule has 5 heteroatoms. The van der Waals surface area contributed by atoms with Gasteiger partial charge in [0, 0.05) is 25.6 Å². The van der Waals surface area contributed by atoms with Crippen molar-refractivity contribution in [1.82, 2.24) is 10.2 Å². The molecule has 1 heterocycles. The van der Waals surface area contributed by atoms with Gasteiger partial charge in [-0.25, -0.2) is 0 Å². The Morgan fingerprint density at radius 3 is 2.71 bits per heavy atom. The van der Waals surface area contributed by atoms with Crippen LogP contribution >= 0.6 is 0 Å². The molecule has 1 aliphatic rings. The van der Waals surface area contributed by atoms with Crippen molar-refractivity contribution in [3.05, 3.63) is 0 Å². The van der Waals surface area contributed by atoms with Crippen molar-refractivity contribution in [2.24, 2.45) is 11.7 Å². The summed E-state index contributed by atoms with van der Waals surface area (Å²) in [6, 6.07) is -0.306. The number of nitrogens with one attached hydrogen (secondary N) is 1. The Kier molecular flexibility index (Phi) is 4.93. The summed E-state index contributed by atoms with van der Waals surface area (Å²) >= 11 is 0. The van der Waals surface area contributed by atoms with Crippen molar-refractivity contribution in [3.63, 3.8) is 0 Å². The van der Waals surface area contributed by atoms with Crippen LogP contribution in [0.1, 0.15) is 33.6 Å². The summed E-state index contributed by atoms with van der Waals surface area (Å²) in [5, 5.41) is 2.81. The summed E-state index contributed by atoms with van der Waals surface area (Å²) in [5.41, 5.74) is 5.64. The van der Waals surface area contributed by atoms with E-state index in [-0.39, 0.29) is 29.8 Å². The van der Waals surface area contributed by atoms with E-state index in [9.17, 15) is 9.59 Å². The Balaban J connectivity index is 2.65. The van der Waals surface area contributed by atoms with E-state index in [0.717, 1.165) is 0 Å². The summed E-state index contributed by atoms with van der Waals surface area (Å²) < 4.78 is 0. The van der Waals surface area contributed by atoms with Gasteiger partial charge in [-0.05, 0) is 19.3 Å². The molecule has 0 saturated carbocycles. The lowest BCUT2D eigenvalue weighted by atomic mass is 9.99. The van der Waals surface area contributed by atoms with Crippen LogP contribution in [0.15, 0.2) is 0 Å². The van der Waals surface area contributed by atoms with E-state index in [4.69, 9.17) is 5.73 Å². The van der Waals surface area contributed by atoms with E-state index < -0.39 is 0 Å². The molecule has 0 aromatic rings. The maximum atomic E-state index is 12.1. The van der Waals surface area contributed by atoms with Crippen molar-refractivity contribution in [3.8, 4) is 0 Å². The standard InChI is InChI=1S/C12H23N3O2/c1-8(2)11-12(17)14-6-7-15(11)10(16)5-4-9(3)13/h8-9,11H,4-7,13H2,1-3H3,(H,14,17). The number of rotatable bonds is 4. The van der Waals surface area contributed by atoms with Gasteiger partial charge in [0.25, 0.3) is 0 Å². The first-order valence-electron chi connectivity index (χ1n) is 6.26. The van der Waals surface area contributed by atoms with Gasteiger partial charge in [-0.2, -0.15) is 0 Å². The summed E-state index contributed by atoms with van der Waals surface area (Å²) in [6.07, 6.45) is 1.09. The fourth-order valence-corrected chi connectivity index (χ4v) is 2.12.